The molecule has 2 aromatic rings. The van der Waals surface area contributed by atoms with Gasteiger partial charge in [-0.05, 0) is 29.7 Å². The molecule has 4 heteroatoms. The van der Waals surface area contributed by atoms with E-state index in [1.54, 1.807) is 12.1 Å². The number of halogens is 1. The first-order valence-electron chi connectivity index (χ1n) is 6.97. The highest BCUT2D eigenvalue weighted by Gasteiger charge is 2.06. The Hall–Kier alpha value is -2.20. The molecule has 0 atom stereocenters. The predicted octanol–water partition coefficient (Wildman–Crippen LogP) is 2.78. The van der Waals surface area contributed by atoms with Gasteiger partial charge in [0, 0.05) is 24.2 Å². The minimum Gasteiger partial charge on any atom is -0.366 e. The average Bonchev–Trinajstić information content (AvgIpc) is 2.49. The third-order valence-electron chi connectivity index (χ3n) is 3.41. The molecule has 0 aromatic heterocycles. The monoisotopic (exact) mass is 286 g/mol. The number of rotatable bonds is 6. The summed E-state index contributed by atoms with van der Waals surface area (Å²) >= 11 is 0. The molecule has 21 heavy (non-hydrogen) atoms. The van der Waals surface area contributed by atoms with E-state index in [1.165, 1.54) is 11.6 Å². The maximum atomic E-state index is 13.8. The van der Waals surface area contributed by atoms with Gasteiger partial charge >= 0.3 is 0 Å². The lowest BCUT2D eigenvalue weighted by atomic mass is 10.1. The number of benzene rings is 2. The van der Waals surface area contributed by atoms with E-state index in [-0.39, 0.29) is 5.56 Å². The molecule has 3 N–H and O–H groups in total. The van der Waals surface area contributed by atoms with E-state index in [0.717, 1.165) is 12.0 Å². The standard InChI is InChI=1S/C17H19FN2O/c1-2-12-3-5-13(6-4-12)10-20-11-15-8-7-14(17(19)21)9-16(15)18/h3-9,20H,2,10-11H2,1H3,(H2,19,21). The average molecular weight is 286 g/mol. The van der Waals surface area contributed by atoms with Crippen LogP contribution < -0.4 is 11.1 Å². The van der Waals surface area contributed by atoms with Crippen molar-refractivity contribution in [1.29, 1.82) is 0 Å². The van der Waals surface area contributed by atoms with Gasteiger partial charge in [-0.2, -0.15) is 0 Å². The lowest BCUT2D eigenvalue weighted by Crippen LogP contribution is -2.15. The Morgan fingerprint density at radius 1 is 1.10 bits per heavy atom. The van der Waals surface area contributed by atoms with E-state index < -0.39 is 11.7 Å². The first-order valence-corrected chi connectivity index (χ1v) is 6.97. The van der Waals surface area contributed by atoms with Crippen LogP contribution in [0.5, 0.6) is 0 Å². The normalized spacial score (nSPS) is 10.6. The first kappa shape index (κ1) is 15.2. The van der Waals surface area contributed by atoms with Gasteiger partial charge in [-0.15, -0.1) is 0 Å². The van der Waals surface area contributed by atoms with Crippen molar-refractivity contribution >= 4 is 5.91 Å². The second-order valence-electron chi connectivity index (χ2n) is 4.94. The van der Waals surface area contributed by atoms with Gasteiger partial charge < -0.3 is 11.1 Å². The zero-order valence-electron chi connectivity index (χ0n) is 12.0. The number of nitrogens with two attached hydrogens (primary N) is 1. The number of carbonyl (C=O) groups is 1. The summed E-state index contributed by atoms with van der Waals surface area (Å²) in [5, 5.41) is 3.19. The molecular formula is C17H19FN2O. The minimum atomic E-state index is -0.621. The van der Waals surface area contributed by atoms with Crippen molar-refractivity contribution < 1.29 is 9.18 Å². The van der Waals surface area contributed by atoms with Crippen LogP contribution in [-0.4, -0.2) is 5.91 Å². The molecule has 0 aliphatic rings. The van der Waals surface area contributed by atoms with E-state index in [1.807, 2.05) is 0 Å². The molecule has 0 radical (unpaired) electrons. The van der Waals surface area contributed by atoms with Crippen LogP contribution in [0.1, 0.15) is 34.0 Å². The van der Waals surface area contributed by atoms with Gasteiger partial charge in [0.15, 0.2) is 0 Å². The van der Waals surface area contributed by atoms with Crippen molar-refractivity contribution in [2.45, 2.75) is 26.4 Å². The molecule has 0 unspecified atom stereocenters. The van der Waals surface area contributed by atoms with Crippen molar-refractivity contribution in [3.8, 4) is 0 Å². The highest BCUT2D eigenvalue weighted by atomic mass is 19.1. The number of hydrogen-bond donors (Lipinski definition) is 2. The highest BCUT2D eigenvalue weighted by molar-refractivity contribution is 5.92. The van der Waals surface area contributed by atoms with E-state index in [2.05, 4.69) is 36.5 Å². The first-order chi connectivity index (χ1) is 10.1. The topological polar surface area (TPSA) is 55.1 Å². The Labute approximate surface area is 124 Å². The molecule has 110 valence electrons. The molecule has 0 spiro atoms. The summed E-state index contributed by atoms with van der Waals surface area (Å²) in [6, 6.07) is 12.6. The fraction of sp³-hybridized carbons (Fsp3) is 0.235. The Morgan fingerprint density at radius 2 is 1.76 bits per heavy atom. The molecule has 2 rings (SSSR count). The molecule has 0 bridgehead atoms. The molecule has 2 aromatic carbocycles. The molecule has 0 saturated heterocycles. The maximum absolute atomic E-state index is 13.8. The van der Waals surface area contributed by atoms with E-state index in [0.29, 0.717) is 18.7 Å². The molecule has 0 aliphatic carbocycles. The number of carbonyl (C=O) groups excluding carboxylic acids is 1. The summed E-state index contributed by atoms with van der Waals surface area (Å²) in [5.74, 6) is -1.04. The van der Waals surface area contributed by atoms with Gasteiger partial charge in [-0.25, -0.2) is 4.39 Å². The van der Waals surface area contributed by atoms with Crippen molar-refractivity contribution in [2.75, 3.05) is 0 Å². The number of amides is 1. The third kappa shape index (κ3) is 4.13. The quantitative estimate of drug-likeness (QED) is 0.858. The summed E-state index contributed by atoms with van der Waals surface area (Å²) < 4.78 is 13.8. The molecule has 0 aliphatic heterocycles. The summed E-state index contributed by atoms with van der Waals surface area (Å²) in [6.45, 7) is 3.19. The van der Waals surface area contributed by atoms with E-state index in [4.69, 9.17) is 5.73 Å². The number of primary amides is 1. The zero-order chi connectivity index (χ0) is 15.2. The van der Waals surface area contributed by atoms with Gasteiger partial charge in [0.05, 0.1) is 0 Å². The lowest BCUT2D eigenvalue weighted by Gasteiger charge is -2.08. The van der Waals surface area contributed by atoms with Crippen LogP contribution in [0.3, 0.4) is 0 Å². The molecule has 3 nitrogen and oxygen atoms in total. The Morgan fingerprint density at radius 3 is 2.33 bits per heavy atom. The number of hydrogen-bond acceptors (Lipinski definition) is 2. The minimum absolute atomic E-state index is 0.186. The van der Waals surface area contributed by atoms with Crippen LogP contribution in [0.2, 0.25) is 0 Å². The summed E-state index contributed by atoms with van der Waals surface area (Å²) in [4.78, 5) is 11.0. The lowest BCUT2D eigenvalue weighted by molar-refractivity contribution is 0.1000. The van der Waals surface area contributed by atoms with Gasteiger partial charge in [0.1, 0.15) is 5.82 Å². The van der Waals surface area contributed by atoms with Crippen LogP contribution in [0.25, 0.3) is 0 Å². The zero-order valence-corrected chi connectivity index (χ0v) is 12.0. The highest BCUT2D eigenvalue weighted by Crippen LogP contribution is 2.11. The van der Waals surface area contributed by atoms with Gasteiger partial charge in [-0.1, -0.05) is 37.3 Å². The maximum Gasteiger partial charge on any atom is 0.248 e. The van der Waals surface area contributed by atoms with Crippen LogP contribution in [0.15, 0.2) is 42.5 Å². The Kier molecular flexibility index (Phi) is 5.06. The van der Waals surface area contributed by atoms with Crippen LogP contribution >= 0.6 is 0 Å². The van der Waals surface area contributed by atoms with Gasteiger partial charge in [-0.3, -0.25) is 4.79 Å². The largest absolute Gasteiger partial charge is 0.366 e. The van der Waals surface area contributed by atoms with Crippen molar-refractivity contribution in [3.05, 3.63) is 70.5 Å². The fourth-order valence-electron chi connectivity index (χ4n) is 2.08. The second kappa shape index (κ2) is 6.99. The predicted molar refractivity (Wildman–Crippen MR) is 81.3 cm³/mol. The smallest absolute Gasteiger partial charge is 0.248 e. The second-order valence-corrected chi connectivity index (χ2v) is 4.94. The summed E-state index contributed by atoms with van der Waals surface area (Å²) in [5.41, 5.74) is 8.27. The summed E-state index contributed by atoms with van der Waals surface area (Å²) in [7, 11) is 0. The van der Waals surface area contributed by atoms with E-state index in [9.17, 15) is 9.18 Å². The SMILES string of the molecule is CCc1ccc(CNCc2ccc(C(N)=O)cc2F)cc1. The molecular weight excluding hydrogens is 267 g/mol. The Bertz CT molecular complexity index is 623. The van der Waals surface area contributed by atoms with Gasteiger partial charge in [0.2, 0.25) is 5.91 Å². The number of nitrogens with one attached hydrogen (secondary N) is 1. The van der Waals surface area contributed by atoms with Crippen LogP contribution in [-0.2, 0) is 19.5 Å². The van der Waals surface area contributed by atoms with Crippen molar-refractivity contribution in [1.82, 2.24) is 5.32 Å². The van der Waals surface area contributed by atoms with Crippen LogP contribution in [0.4, 0.5) is 4.39 Å². The van der Waals surface area contributed by atoms with Crippen molar-refractivity contribution in [2.24, 2.45) is 5.73 Å². The number of aryl methyl sites for hydroxylation is 1. The van der Waals surface area contributed by atoms with Crippen molar-refractivity contribution in [3.63, 3.8) is 0 Å². The summed E-state index contributed by atoms with van der Waals surface area (Å²) in [6.07, 6.45) is 1.02. The molecule has 1 amide bonds. The molecule has 0 fully saturated rings. The third-order valence-corrected chi connectivity index (χ3v) is 3.41. The molecule has 0 heterocycles. The van der Waals surface area contributed by atoms with E-state index >= 15 is 0 Å². The van der Waals surface area contributed by atoms with Crippen LogP contribution in [0, 0.1) is 5.82 Å². The van der Waals surface area contributed by atoms with Gasteiger partial charge in [0.25, 0.3) is 0 Å². The Balaban J connectivity index is 1.92. The fourth-order valence-corrected chi connectivity index (χ4v) is 2.08. The molecule has 0 saturated carbocycles.